The van der Waals surface area contributed by atoms with Crippen molar-refractivity contribution in [3.05, 3.63) is 11.6 Å². The fourth-order valence-electron chi connectivity index (χ4n) is 1.63. The number of aromatic nitrogens is 3. The summed E-state index contributed by atoms with van der Waals surface area (Å²) in [5, 5.41) is 11.5. The fourth-order valence-corrected chi connectivity index (χ4v) is 1.63. The van der Waals surface area contributed by atoms with Crippen LogP contribution in [0.2, 0.25) is 0 Å². The van der Waals surface area contributed by atoms with E-state index in [-0.39, 0.29) is 30.9 Å². The standard InChI is InChI=1S/C8H15N5.2ClH/c1-6(9)8-12-11-7-2-3-10-4-5-13(7)8;;/h6,10H,2-5,9H2,1H3;2*1H. The molecule has 0 saturated heterocycles. The Balaban J connectivity index is 0.000000980. The van der Waals surface area contributed by atoms with Crippen LogP contribution in [0, 0.1) is 0 Å². The fraction of sp³-hybridized carbons (Fsp3) is 0.750. The molecule has 88 valence electrons. The monoisotopic (exact) mass is 253 g/mol. The van der Waals surface area contributed by atoms with Crippen molar-refractivity contribution >= 4 is 24.8 Å². The predicted octanol–water partition coefficient (Wildman–Crippen LogP) is 0.287. The van der Waals surface area contributed by atoms with Crippen molar-refractivity contribution < 1.29 is 0 Å². The van der Waals surface area contributed by atoms with Crippen LogP contribution in [0.3, 0.4) is 0 Å². The number of fused-ring (bicyclic) bond motifs is 1. The highest BCUT2D eigenvalue weighted by molar-refractivity contribution is 5.85. The Morgan fingerprint density at radius 3 is 2.73 bits per heavy atom. The third kappa shape index (κ3) is 3.04. The first-order chi connectivity index (χ1) is 6.29. The number of nitrogens with two attached hydrogens (primary N) is 1. The molecule has 1 aromatic rings. The van der Waals surface area contributed by atoms with Gasteiger partial charge in [0.2, 0.25) is 0 Å². The second-order valence-electron chi connectivity index (χ2n) is 3.41. The maximum atomic E-state index is 5.79. The molecule has 0 aromatic carbocycles. The molecule has 0 fully saturated rings. The molecule has 1 aromatic heterocycles. The number of halogens is 2. The van der Waals surface area contributed by atoms with Crippen LogP contribution in [0.5, 0.6) is 0 Å². The van der Waals surface area contributed by atoms with Gasteiger partial charge in [-0.1, -0.05) is 0 Å². The molecule has 5 nitrogen and oxygen atoms in total. The summed E-state index contributed by atoms with van der Waals surface area (Å²) in [6.45, 7) is 4.83. The van der Waals surface area contributed by atoms with Gasteiger partial charge in [0.15, 0.2) is 0 Å². The maximum Gasteiger partial charge on any atom is 0.149 e. The highest BCUT2D eigenvalue weighted by Gasteiger charge is 2.16. The van der Waals surface area contributed by atoms with Crippen molar-refractivity contribution in [1.29, 1.82) is 0 Å². The zero-order valence-corrected chi connectivity index (χ0v) is 10.3. The molecule has 0 amide bonds. The molecule has 3 N–H and O–H groups in total. The number of rotatable bonds is 1. The van der Waals surface area contributed by atoms with E-state index in [2.05, 4.69) is 20.1 Å². The van der Waals surface area contributed by atoms with Crippen LogP contribution >= 0.6 is 24.8 Å². The normalized spacial score (nSPS) is 16.7. The third-order valence-corrected chi connectivity index (χ3v) is 2.30. The number of nitrogens with one attached hydrogen (secondary N) is 1. The van der Waals surface area contributed by atoms with Crippen molar-refractivity contribution in [3.63, 3.8) is 0 Å². The van der Waals surface area contributed by atoms with Crippen molar-refractivity contribution in [2.24, 2.45) is 5.73 Å². The molecule has 0 spiro atoms. The third-order valence-electron chi connectivity index (χ3n) is 2.30. The topological polar surface area (TPSA) is 68.8 Å². The van der Waals surface area contributed by atoms with Crippen LogP contribution in [0.25, 0.3) is 0 Å². The van der Waals surface area contributed by atoms with Gasteiger partial charge in [0, 0.05) is 26.1 Å². The van der Waals surface area contributed by atoms with E-state index in [0.717, 1.165) is 37.7 Å². The molecule has 1 unspecified atom stereocenters. The largest absolute Gasteiger partial charge is 0.322 e. The molecule has 2 heterocycles. The van der Waals surface area contributed by atoms with Crippen LogP contribution in [-0.2, 0) is 13.0 Å². The first kappa shape index (κ1) is 14.6. The van der Waals surface area contributed by atoms with Crippen molar-refractivity contribution in [2.75, 3.05) is 13.1 Å². The quantitative estimate of drug-likeness (QED) is 0.755. The Labute approximate surface area is 102 Å². The maximum absolute atomic E-state index is 5.79. The SMILES string of the molecule is CC(N)c1nnc2n1CCNCC2.Cl.Cl. The van der Waals surface area contributed by atoms with E-state index in [1.54, 1.807) is 0 Å². The van der Waals surface area contributed by atoms with Gasteiger partial charge in [-0.2, -0.15) is 0 Å². The molecular formula is C8H17Cl2N5. The molecule has 0 bridgehead atoms. The molecule has 15 heavy (non-hydrogen) atoms. The number of hydrogen-bond acceptors (Lipinski definition) is 4. The van der Waals surface area contributed by atoms with E-state index in [4.69, 9.17) is 5.73 Å². The van der Waals surface area contributed by atoms with Crippen molar-refractivity contribution in [1.82, 2.24) is 20.1 Å². The van der Waals surface area contributed by atoms with Crippen LogP contribution in [-0.4, -0.2) is 27.9 Å². The lowest BCUT2D eigenvalue weighted by Crippen LogP contribution is -2.20. The van der Waals surface area contributed by atoms with Crippen LogP contribution < -0.4 is 11.1 Å². The molecule has 1 aliphatic rings. The van der Waals surface area contributed by atoms with Crippen molar-refractivity contribution in [2.45, 2.75) is 25.9 Å². The van der Waals surface area contributed by atoms with Gasteiger partial charge >= 0.3 is 0 Å². The van der Waals surface area contributed by atoms with Gasteiger partial charge in [-0.3, -0.25) is 0 Å². The Kier molecular flexibility index (Phi) is 6.12. The predicted molar refractivity (Wildman–Crippen MR) is 63.7 cm³/mol. The van der Waals surface area contributed by atoms with E-state index in [1.807, 2.05) is 6.92 Å². The second kappa shape index (κ2) is 6.27. The first-order valence-corrected chi connectivity index (χ1v) is 4.67. The second-order valence-corrected chi connectivity index (χ2v) is 3.41. The van der Waals surface area contributed by atoms with Gasteiger partial charge in [0.05, 0.1) is 6.04 Å². The Morgan fingerprint density at radius 2 is 2.07 bits per heavy atom. The average molecular weight is 254 g/mol. The van der Waals surface area contributed by atoms with E-state index < -0.39 is 0 Å². The lowest BCUT2D eigenvalue weighted by molar-refractivity contribution is 0.589. The van der Waals surface area contributed by atoms with Crippen LogP contribution in [0.15, 0.2) is 0 Å². The summed E-state index contributed by atoms with van der Waals surface area (Å²) in [6, 6.07) is -0.0284. The molecule has 0 aliphatic carbocycles. The molecule has 0 radical (unpaired) electrons. The van der Waals surface area contributed by atoms with Gasteiger partial charge in [-0.25, -0.2) is 0 Å². The highest BCUT2D eigenvalue weighted by atomic mass is 35.5. The molecule has 1 aliphatic heterocycles. The summed E-state index contributed by atoms with van der Waals surface area (Å²) >= 11 is 0. The van der Waals surface area contributed by atoms with E-state index >= 15 is 0 Å². The summed E-state index contributed by atoms with van der Waals surface area (Å²) in [7, 11) is 0. The zero-order valence-electron chi connectivity index (χ0n) is 8.64. The van der Waals surface area contributed by atoms with Gasteiger partial charge in [0.1, 0.15) is 11.6 Å². The Morgan fingerprint density at radius 1 is 1.33 bits per heavy atom. The number of hydrogen-bond donors (Lipinski definition) is 2. The minimum absolute atomic E-state index is 0. The number of nitrogens with zero attached hydrogens (tertiary/aromatic N) is 3. The lowest BCUT2D eigenvalue weighted by Gasteiger charge is -2.08. The zero-order chi connectivity index (χ0) is 9.26. The minimum Gasteiger partial charge on any atom is -0.322 e. The van der Waals surface area contributed by atoms with Gasteiger partial charge in [-0.15, -0.1) is 35.0 Å². The van der Waals surface area contributed by atoms with Crippen LogP contribution in [0.1, 0.15) is 24.6 Å². The molecule has 7 heteroatoms. The van der Waals surface area contributed by atoms with Gasteiger partial charge < -0.3 is 15.6 Å². The lowest BCUT2D eigenvalue weighted by atomic mass is 10.3. The van der Waals surface area contributed by atoms with Gasteiger partial charge in [0.25, 0.3) is 0 Å². The summed E-state index contributed by atoms with van der Waals surface area (Å²) < 4.78 is 2.13. The summed E-state index contributed by atoms with van der Waals surface area (Å²) in [6.07, 6.45) is 0.944. The molecule has 2 rings (SSSR count). The average Bonchev–Trinajstić information content (AvgIpc) is 2.36. The van der Waals surface area contributed by atoms with Crippen LogP contribution in [0.4, 0.5) is 0 Å². The summed E-state index contributed by atoms with van der Waals surface area (Å²) in [4.78, 5) is 0. The minimum atomic E-state index is -0.0284. The van der Waals surface area contributed by atoms with E-state index in [9.17, 15) is 0 Å². The molecule has 0 saturated carbocycles. The summed E-state index contributed by atoms with van der Waals surface area (Å²) in [5.74, 6) is 1.95. The summed E-state index contributed by atoms with van der Waals surface area (Å²) in [5.41, 5.74) is 5.79. The van der Waals surface area contributed by atoms with E-state index in [1.165, 1.54) is 0 Å². The molecular weight excluding hydrogens is 237 g/mol. The van der Waals surface area contributed by atoms with Crippen molar-refractivity contribution in [3.8, 4) is 0 Å². The highest BCUT2D eigenvalue weighted by Crippen LogP contribution is 2.10. The Hall–Kier alpha value is -0.360. The smallest absolute Gasteiger partial charge is 0.149 e. The van der Waals surface area contributed by atoms with Gasteiger partial charge in [-0.05, 0) is 6.92 Å². The molecule has 1 atom stereocenters. The first-order valence-electron chi connectivity index (χ1n) is 4.67. The van der Waals surface area contributed by atoms with E-state index in [0.29, 0.717) is 0 Å². The Bertz CT molecular complexity index is 299.